The van der Waals surface area contributed by atoms with E-state index in [2.05, 4.69) is 6.07 Å². The molecule has 5 nitrogen and oxygen atoms in total. The Morgan fingerprint density at radius 3 is 2.90 bits per heavy atom. The number of benzene rings is 1. The minimum absolute atomic E-state index is 0.0797. The highest BCUT2D eigenvalue weighted by atomic mass is 32.2. The Hall–Kier alpha value is -1.53. The molecule has 114 valence electrons. The lowest BCUT2D eigenvalue weighted by Crippen LogP contribution is -2.37. The van der Waals surface area contributed by atoms with E-state index in [1.54, 1.807) is 0 Å². The minimum Gasteiger partial charge on any atom is -0.480 e. The molecule has 0 bridgehead atoms. The van der Waals surface area contributed by atoms with Crippen molar-refractivity contribution in [2.45, 2.75) is 25.3 Å². The fourth-order valence-corrected chi connectivity index (χ4v) is 3.26. The molecule has 0 aliphatic carbocycles. The van der Waals surface area contributed by atoms with Crippen molar-refractivity contribution in [2.75, 3.05) is 23.0 Å². The summed E-state index contributed by atoms with van der Waals surface area (Å²) in [5, 5.41) is 8.69. The molecule has 1 aliphatic rings. The normalized spacial score (nSPS) is 15.4. The molecule has 2 rings (SSSR count). The van der Waals surface area contributed by atoms with E-state index in [0.717, 1.165) is 25.1 Å². The zero-order valence-electron chi connectivity index (χ0n) is 11.8. The van der Waals surface area contributed by atoms with Gasteiger partial charge in [-0.15, -0.1) is 0 Å². The highest BCUT2D eigenvalue weighted by molar-refractivity contribution is 7.99. The van der Waals surface area contributed by atoms with Crippen LogP contribution in [0.2, 0.25) is 0 Å². The number of nitrogens with two attached hydrogens (primary N) is 1. The minimum atomic E-state index is -0.994. The second-order valence-electron chi connectivity index (χ2n) is 5.06. The summed E-state index contributed by atoms with van der Waals surface area (Å²) in [6.07, 6.45) is 2.38. The summed E-state index contributed by atoms with van der Waals surface area (Å²) >= 11 is 1.44. The highest BCUT2D eigenvalue weighted by Gasteiger charge is 2.21. The van der Waals surface area contributed by atoms with Crippen LogP contribution in [-0.4, -0.2) is 41.1 Å². The molecular formula is C15H20N2O3S. The van der Waals surface area contributed by atoms with Gasteiger partial charge in [-0.1, -0.05) is 18.2 Å². The average Bonchev–Trinajstić information content (AvgIpc) is 2.50. The van der Waals surface area contributed by atoms with Gasteiger partial charge in [0.25, 0.3) is 0 Å². The molecule has 21 heavy (non-hydrogen) atoms. The third-order valence-electron chi connectivity index (χ3n) is 3.53. The van der Waals surface area contributed by atoms with Crippen molar-refractivity contribution in [3.63, 3.8) is 0 Å². The zero-order valence-corrected chi connectivity index (χ0v) is 12.6. The van der Waals surface area contributed by atoms with Crippen LogP contribution in [0.25, 0.3) is 0 Å². The smallest absolute Gasteiger partial charge is 0.320 e. The molecule has 1 amide bonds. The van der Waals surface area contributed by atoms with Gasteiger partial charge in [0.15, 0.2) is 0 Å². The van der Waals surface area contributed by atoms with Gasteiger partial charge >= 0.3 is 5.97 Å². The molecule has 0 fully saturated rings. The SMILES string of the molecule is NC(CCSCC(=O)N1CCCc2ccccc21)C(=O)O. The summed E-state index contributed by atoms with van der Waals surface area (Å²) in [7, 11) is 0. The second-order valence-corrected chi connectivity index (χ2v) is 6.17. The largest absolute Gasteiger partial charge is 0.480 e. The van der Waals surface area contributed by atoms with Crippen LogP contribution in [0, 0.1) is 0 Å². The standard InChI is InChI=1S/C15H20N2O3S/c16-12(15(19)20)7-9-21-10-14(18)17-8-3-5-11-4-1-2-6-13(11)17/h1-2,4,6,12H,3,5,7-10,16H2,(H,19,20). The van der Waals surface area contributed by atoms with Gasteiger partial charge in [0, 0.05) is 12.2 Å². The predicted molar refractivity (Wildman–Crippen MR) is 84.7 cm³/mol. The number of carbonyl (C=O) groups is 2. The van der Waals surface area contributed by atoms with Gasteiger partial charge in [0.05, 0.1) is 5.75 Å². The third kappa shape index (κ3) is 4.22. The number of para-hydroxylation sites is 1. The lowest BCUT2D eigenvalue weighted by molar-refractivity contribution is -0.138. The molecule has 3 N–H and O–H groups in total. The van der Waals surface area contributed by atoms with E-state index in [-0.39, 0.29) is 5.91 Å². The van der Waals surface area contributed by atoms with E-state index < -0.39 is 12.0 Å². The van der Waals surface area contributed by atoms with E-state index >= 15 is 0 Å². The number of nitrogens with zero attached hydrogens (tertiary/aromatic N) is 1. The molecule has 1 atom stereocenters. The summed E-state index contributed by atoms with van der Waals surface area (Å²) in [6, 6.07) is 7.15. The number of hydrogen-bond donors (Lipinski definition) is 2. The summed E-state index contributed by atoms with van der Waals surface area (Å²) in [5.74, 6) is 0.0259. The molecule has 1 heterocycles. The number of carboxylic acid groups (broad SMARTS) is 1. The summed E-state index contributed by atoms with van der Waals surface area (Å²) in [6.45, 7) is 0.755. The Bertz CT molecular complexity index is 521. The van der Waals surface area contributed by atoms with Crippen LogP contribution >= 0.6 is 11.8 Å². The molecule has 1 aromatic carbocycles. The first-order valence-electron chi connectivity index (χ1n) is 7.04. The Labute approximate surface area is 128 Å². The first-order valence-corrected chi connectivity index (χ1v) is 8.19. The highest BCUT2D eigenvalue weighted by Crippen LogP contribution is 2.27. The number of fused-ring (bicyclic) bond motifs is 1. The molecule has 0 saturated carbocycles. The van der Waals surface area contributed by atoms with Gasteiger partial charge in [-0.2, -0.15) is 11.8 Å². The van der Waals surface area contributed by atoms with Crippen molar-refractivity contribution < 1.29 is 14.7 Å². The van der Waals surface area contributed by atoms with Crippen LogP contribution in [0.4, 0.5) is 5.69 Å². The molecule has 0 aromatic heterocycles. The van der Waals surface area contributed by atoms with E-state index in [1.165, 1.54) is 17.3 Å². The maximum atomic E-state index is 12.3. The Kier molecular flexibility index (Phi) is 5.64. The number of hydrogen-bond acceptors (Lipinski definition) is 4. The van der Waals surface area contributed by atoms with Crippen LogP contribution in [0.1, 0.15) is 18.4 Å². The maximum Gasteiger partial charge on any atom is 0.320 e. The number of aliphatic carboxylic acids is 1. The number of amides is 1. The van der Waals surface area contributed by atoms with Gasteiger partial charge in [-0.05, 0) is 36.6 Å². The van der Waals surface area contributed by atoms with Gasteiger partial charge in [-0.25, -0.2) is 0 Å². The molecule has 1 aliphatic heterocycles. The van der Waals surface area contributed by atoms with Crippen LogP contribution in [0.3, 0.4) is 0 Å². The molecule has 0 saturated heterocycles. The quantitative estimate of drug-likeness (QED) is 0.778. The Morgan fingerprint density at radius 2 is 2.14 bits per heavy atom. The first kappa shape index (κ1) is 15.9. The number of anilines is 1. The number of rotatable bonds is 6. The summed E-state index contributed by atoms with van der Waals surface area (Å²) < 4.78 is 0. The molecule has 1 unspecified atom stereocenters. The molecule has 1 aromatic rings. The average molecular weight is 308 g/mol. The number of carboxylic acids is 1. The summed E-state index contributed by atoms with van der Waals surface area (Å²) in [5.41, 5.74) is 7.66. The van der Waals surface area contributed by atoms with Crippen LogP contribution in [-0.2, 0) is 16.0 Å². The maximum absolute atomic E-state index is 12.3. The fourth-order valence-electron chi connectivity index (χ4n) is 2.36. The van der Waals surface area contributed by atoms with Crippen LogP contribution in [0.5, 0.6) is 0 Å². The van der Waals surface area contributed by atoms with Crippen molar-refractivity contribution in [3.8, 4) is 0 Å². The van der Waals surface area contributed by atoms with Crippen molar-refractivity contribution in [3.05, 3.63) is 29.8 Å². The monoisotopic (exact) mass is 308 g/mol. The molecule has 0 spiro atoms. The zero-order chi connectivity index (χ0) is 15.2. The second kappa shape index (κ2) is 7.47. The number of carbonyl (C=O) groups excluding carboxylic acids is 1. The van der Waals surface area contributed by atoms with E-state index in [4.69, 9.17) is 10.8 Å². The molecule has 6 heteroatoms. The fraction of sp³-hybridized carbons (Fsp3) is 0.467. The van der Waals surface area contributed by atoms with Crippen molar-refractivity contribution in [1.82, 2.24) is 0 Å². The number of aryl methyl sites for hydroxylation is 1. The Morgan fingerprint density at radius 1 is 1.38 bits per heavy atom. The Balaban J connectivity index is 1.83. The van der Waals surface area contributed by atoms with Crippen molar-refractivity contribution >= 4 is 29.3 Å². The van der Waals surface area contributed by atoms with Crippen molar-refractivity contribution in [2.24, 2.45) is 5.73 Å². The lowest BCUT2D eigenvalue weighted by Gasteiger charge is -2.29. The third-order valence-corrected chi connectivity index (χ3v) is 4.50. The molecule has 0 radical (unpaired) electrons. The topological polar surface area (TPSA) is 83.6 Å². The number of thioether (sulfide) groups is 1. The van der Waals surface area contributed by atoms with Gasteiger partial charge in [-0.3, -0.25) is 9.59 Å². The summed E-state index contributed by atoms with van der Waals surface area (Å²) in [4.78, 5) is 24.7. The van der Waals surface area contributed by atoms with Crippen LogP contribution < -0.4 is 10.6 Å². The van der Waals surface area contributed by atoms with E-state index in [9.17, 15) is 9.59 Å². The van der Waals surface area contributed by atoms with E-state index in [1.807, 2.05) is 23.1 Å². The van der Waals surface area contributed by atoms with Gasteiger partial charge < -0.3 is 15.7 Å². The van der Waals surface area contributed by atoms with Gasteiger partial charge in [0.1, 0.15) is 6.04 Å². The van der Waals surface area contributed by atoms with Crippen molar-refractivity contribution in [1.29, 1.82) is 0 Å². The van der Waals surface area contributed by atoms with Crippen LogP contribution in [0.15, 0.2) is 24.3 Å². The predicted octanol–water partition coefficient (Wildman–Crippen LogP) is 1.50. The lowest BCUT2D eigenvalue weighted by atomic mass is 10.0. The van der Waals surface area contributed by atoms with Gasteiger partial charge in [0.2, 0.25) is 5.91 Å². The first-order chi connectivity index (χ1) is 10.1. The van der Waals surface area contributed by atoms with E-state index in [0.29, 0.717) is 17.9 Å². The molecular weight excluding hydrogens is 288 g/mol.